The fourth-order valence-electron chi connectivity index (χ4n) is 4.12. The molecule has 1 atom stereocenters. The lowest BCUT2D eigenvalue weighted by atomic mass is 10.00. The highest BCUT2D eigenvalue weighted by Gasteiger charge is 2.28. The quantitative estimate of drug-likeness (QED) is 0.930. The Morgan fingerprint density at radius 3 is 2.88 bits per heavy atom. The molecule has 1 amide bonds. The fourth-order valence-corrected chi connectivity index (χ4v) is 4.12. The third-order valence-corrected chi connectivity index (χ3v) is 5.72. The first-order chi connectivity index (χ1) is 12.2. The number of nitrogens with zero attached hydrogens (tertiary/aromatic N) is 2. The van der Waals surface area contributed by atoms with Gasteiger partial charge in [-0.1, -0.05) is 6.07 Å². The molecule has 2 fully saturated rings. The number of hydrogen-bond donors (Lipinski definition) is 1. The van der Waals surface area contributed by atoms with E-state index < -0.39 is 0 Å². The first-order valence-corrected chi connectivity index (χ1v) is 9.41. The topological polar surface area (TPSA) is 48.6 Å². The number of carbonyl (C=O) groups is 1. The van der Waals surface area contributed by atoms with Crippen LogP contribution >= 0.6 is 0 Å². The number of ether oxygens (including phenoxy) is 1. The summed E-state index contributed by atoms with van der Waals surface area (Å²) in [5, 5.41) is 1.16. The number of nitrogens with one attached hydrogen (secondary N) is 1. The van der Waals surface area contributed by atoms with Crippen LogP contribution in [0.5, 0.6) is 5.75 Å². The predicted octanol–water partition coefficient (Wildman–Crippen LogP) is 3.02. The summed E-state index contributed by atoms with van der Waals surface area (Å²) in [7, 11) is 1.96. The Morgan fingerprint density at radius 2 is 2.04 bits per heavy atom. The summed E-state index contributed by atoms with van der Waals surface area (Å²) in [6.07, 6.45) is 7.22. The molecule has 5 nitrogen and oxygen atoms in total. The van der Waals surface area contributed by atoms with Gasteiger partial charge in [0.15, 0.2) is 0 Å². The van der Waals surface area contributed by atoms with Crippen molar-refractivity contribution in [1.82, 2.24) is 14.8 Å². The van der Waals surface area contributed by atoms with Crippen molar-refractivity contribution in [1.29, 1.82) is 0 Å². The second-order valence-electron chi connectivity index (χ2n) is 7.36. The number of rotatable bonds is 4. The van der Waals surface area contributed by atoms with Crippen molar-refractivity contribution in [3.63, 3.8) is 0 Å². The van der Waals surface area contributed by atoms with Gasteiger partial charge in [0.2, 0.25) is 5.91 Å². The Balaban J connectivity index is 1.31. The van der Waals surface area contributed by atoms with E-state index in [0.29, 0.717) is 18.4 Å². The molecule has 1 unspecified atom stereocenters. The number of likely N-dealkylation sites (N-methyl/N-ethyl adjacent to an activating group) is 1. The second-order valence-corrected chi connectivity index (χ2v) is 7.36. The molecule has 5 heteroatoms. The van der Waals surface area contributed by atoms with Gasteiger partial charge in [-0.25, -0.2) is 0 Å². The van der Waals surface area contributed by atoms with Crippen LogP contribution in [0.15, 0.2) is 30.5 Å². The molecule has 1 N–H and O–H groups in total. The zero-order chi connectivity index (χ0) is 17.2. The van der Waals surface area contributed by atoms with Gasteiger partial charge in [-0.2, -0.15) is 0 Å². The number of H-pyrrole nitrogens is 1. The summed E-state index contributed by atoms with van der Waals surface area (Å²) < 4.78 is 6.29. The first kappa shape index (κ1) is 16.5. The largest absolute Gasteiger partial charge is 0.490 e. The van der Waals surface area contributed by atoms with E-state index in [2.05, 4.69) is 28.1 Å². The summed E-state index contributed by atoms with van der Waals surface area (Å²) in [5.41, 5.74) is 1.12. The molecule has 0 spiro atoms. The van der Waals surface area contributed by atoms with Gasteiger partial charge in [-0.05, 0) is 43.9 Å². The van der Waals surface area contributed by atoms with Gasteiger partial charge >= 0.3 is 0 Å². The van der Waals surface area contributed by atoms with Gasteiger partial charge in [0, 0.05) is 56.2 Å². The molecule has 0 radical (unpaired) electrons. The number of aromatic amines is 1. The van der Waals surface area contributed by atoms with Crippen LogP contribution in [-0.4, -0.2) is 59.5 Å². The van der Waals surface area contributed by atoms with Crippen LogP contribution in [0.3, 0.4) is 0 Å². The molecular weight excluding hydrogens is 314 g/mol. The average Bonchev–Trinajstić information content (AvgIpc) is 3.10. The van der Waals surface area contributed by atoms with E-state index >= 15 is 0 Å². The van der Waals surface area contributed by atoms with Crippen molar-refractivity contribution in [3.8, 4) is 5.75 Å². The maximum Gasteiger partial charge on any atom is 0.222 e. The van der Waals surface area contributed by atoms with E-state index in [9.17, 15) is 4.79 Å². The van der Waals surface area contributed by atoms with Crippen molar-refractivity contribution >= 4 is 16.8 Å². The summed E-state index contributed by atoms with van der Waals surface area (Å²) in [5.74, 6) is 1.28. The Labute approximate surface area is 148 Å². The maximum absolute atomic E-state index is 11.9. The molecule has 1 aromatic heterocycles. The third-order valence-electron chi connectivity index (χ3n) is 5.72. The number of benzene rings is 1. The smallest absolute Gasteiger partial charge is 0.222 e. The van der Waals surface area contributed by atoms with Crippen molar-refractivity contribution in [3.05, 3.63) is 30.5 Å². The number of fused-ring (bicyclic) bond motifs is 1. The Bertz CT molecular complexity index is 733. The van der Waals surface area contributed by atoms with Crippen LogP contribution in [0.4, 0.5) is 0 Å². The number of amides is 1. The Hall–Kier alpha value is -2.01. The molecule has 134 valence electrons. The monoisotopic (exact) mass is 341 g/mol. The summed E-state index contributed by atoms with van der Waals surface area (Å²) in [6.45, 7) is 3.10. The minimum absolute atomic E-state index is 0.280. The molecule has 0 bridgehead atoms. The minimum Gasteiger partial charge on any atom is -0.490 e. The molecule has 4 rings (SSSR count). The van der Waals surface area contributed by atoms with Crippen molar-refractivity contribution in [2.45, 2.75) is 44.2 Å². The highest BCUT2D eigenvalue weighted by molar-refractivity contribution is 5.85. The van der Waals surface area contributed by atoms with Crippen LogP contribution < -0.4 is 4.74 Å². The van der Waals surface area contributed by atoms with Crippen LogP contribution in [0.1, 0.15) is 32.1 Å². The standard InChI is InChI=1S/C20H27N3O2/c1-22-15(4-2-7-20(22)24)14-23-12-9-16(10-13-23)25-19-6-3-5-18-17(19)8-11-21-18/h3,5-6,8,11,15-16,21H,2,4,7,9-10,12-14H2,1H3. The van der Waals surface area contributed by atoms with Crippen LogP contribution in [-0.2, 0) is 4.79 Å². The molecule has 1 aromatic carbocycles. The zero-order valence-electron chi connectivity index (χ0n) is 14.9. The second kappa shape index (κ2) is 7.08. The van der Waals surface area contributed by atoms with Gasteiger partial charge in [0.25, 0.3) is 0 Å². The average molecular weight is 341 g/mol. The first-order valence-electron chi connectivity index (χ1n) is 9.41. The molecule has 2 aliphatic heterocycles. The van der Waals surface area contributed by atoms with E-state index in [0.717, 1.165) is 62.0 Å². The van der Waals surface area contributed by atoms with Gasteiger partial charge in [-0.15, -0.1) is 0 Å². The Kier molecular flexibility index (Phi) is 4.66. The number of aromatic nitrogens is 1. The predicted molar refractivity (Wildman–Crippen MR) is 98.8 cm³/mol. The number of carbonyl (C=O) groups excluding carboxylic acids is 1. The Morgan fingerprint density at radius 1 is 1.20 bits per heavy atom. The molecule has 25 heavy (non-hydrogen) atoms. The third kappa shape index (κ3) is 3.52. The summed E-state index contributed by atoms with van der Waals surface area (Å²) in [4.78, 5) is 19.6. The van der Waals surface area contributed by atoms with E-state index in [4.69, 9.17) is 4.74 Å². The van der Waals surface area contributed by atoms with E-state index in [-0.39, 0.29) is 6.10 Å². The number of piperidine rings is 2. The number of hydrogen-bond acceptors (Lipinski definition) is 3. The molecule has 3 heterocycles. The molecule has 0 aliphatic carbocycles. The zero-order valence-corrected chi connectivity index (χ0v) is 14.9. The van der Waals surface area contributed by atoms with Crippen molar-refractivity contribution in [2.24, 2.45) is 0 Å². The van der Waals surface area contributed by atoms with Crippen LogP contribution in [0, 0.1) is 0 Å². The van der Waals surface area contributed by atoms with Gasteiger partial charge in [0.05, 0.1) is 0 Å². The maximum atomic E-state index is 11.9. The lowest BCUT2D eigenvalue weighted by molar-refractivity contribution is -0.135. The van der Waals surface area contributed by atoms with E-state index in [1.165, 1.54) is 0 Å². The van der Waals surface area contributed by atoms with Gasteiger partial charge in [0.1, 0.15) is 11.9 Å². The van der Waals surface area contributed by atoms with Gasteiger partial charge in [-0.3, -0.25) is 4.79 Å². The molecule has 2 aromatic rings. The normalized spacial score (nSPS) is 23.3. The van der Waals surface area contributed by atoms with Gasteiger partial charge < -0.3 is 19.5 Å². The van der Waals surface area contributed by atoms with Crippen molar-refractivity contribution in [2.75, 3.05) is 26.7 Å². The van der Waals surface area contributed by atoms with Crippen molar-refractivity contribution < 1.29 is 9.53 Å². The lowest BCUT2D eigenvalue weighted by Gasteiger charge is -2.39. The minimum atomic E-state index is 0.280. The van der Waals surface area contributed by atoms with Crippen LogP contribution in [0.2, 0.25) is 0 Å². The fraction of sp³-hybridized carbons (Fsp3) is 0.550. The van der Waals surface area contributed by atoms with E-state index in [1.54, 1.807) is 0 Å². The van der Waals surface area contributed by atoms with E-state index in [1.807, 2.05) is 24.2 Å². The molecule has 0 saturated carbocycles. The summed E-state index contributed by atoms with van der Waals surface area (Å²) >= 11 is 0. The highest BCUT2D eigenvalue weighted by Crippen LogP contribution is 2.28. The highest BCUT2D eigenvalue weighted by atomic mass is 16.5. The number of likely N-dealkylation sites (tertiary alicyclic amines) is 2. The summed E-state index contributed by atoms with van der Waals surface area (Å²) in [6, 6.07) is 8.64. The lowest BCUT2D eigenvalue weighted by Crippen LogP contribution is -2.49. The SMILES string of the molecule is CN1C(=O)CCCC1CN1CCC(Oc2cccc3[nH]ccc23)CC1. The molecule has 2 saturated heterocycles. The molecule has 2 aliphatic rings. The van der Waals surface area contributed by atoms with Crippen LogP contribution in [0.25, 0.3) is 10.9 Å². The molecular formula is C20H27N3O2.